The molecular formula is C18H15BrFN5O2. The van der Waals surface area contributed by atoms with Crippen LogP contribution in [0.5, 0.6) is 5.75 Å². The molecule has 7 nitrogen and oxygen atoms in total. The second-order valence-corrected chi connectivity index (χ2v) is 6.71. The highest BCUT2D eigenvalue weighted by atomic mass is 79.9. The van der Waals surface area contributed by atoms with Crippen molar-refractivity contribution in [3.63, 3.8) is 0 Å². The summed E-state index contributed by atoms with van der Waals surface area (Å²) in [7, 11) is 0. The van der Waals surface area contributed by atoms with Crippen LogP contribution in [0, 0.1) is 5.82 Å². The van der Waals surface area contributed by atoms with E-state index in [2.05, 4.69) is 36.2 Å². The number of benzene rings is 2. The molecule has 1 aromatic heterocycles. The van der Waals surface area contributed by atoms with Crippen LogP contribution in [0.2, 0.25) is 0 Å². The maximum Gasteiger partial charge on any atom is 0.222 e. The van der Waals surface area contributed by atoms with Gasteiger partial charge in [-0.2, -0.15) is 0 Å². The van der Waals surface area contributed by atoms with Crippen molar-refractivity contribution in [1.29, 1.82) is 0 Å². The van der Waals surface area contributed by atoms with E-state index >= 15 is 0 Å². The molecule has 9 heteroatoms. The molecule has 0 saturated carbocycles. The highest BCUT2D eigenvalue weighted by molar-refractivity contribution is 9.10. The van der Waals surface area contributed by atoms with Gasteiger partial charge in [-0.25, -0.2) is 19.4 Å². The van der Waals surface area contributed by atoms with E-state index in [-0.39, 0.29) is 6.61 Å². The van der Waals surface area contributed by atoms with E-state index in [1.165, 1.54) is 12.4 Å². The minimum absolute atomic E-state index is 0.204. The molecule has 2 heterocycles. The summed E-state index contributed by atoms with van der Waals surface area (Å²) in [5.41, 5.74) is 7.44. The van der Waals surface area contributed by atoms with Crippen LogP contribution in [0.4, 0.5) is 21.6 Å². The first-order valence-electron chi connectivity index (χ1n) is 8.15. The van der Waals surface area contributed by atoms with Gasteiger partial charge in [0.15, 0.2) is 6.61 Å². The molecule has 3 aromatic rings. The summed E-state index contributed by atoms with van der Waals surface area (Å²) in [5, 5.41) is 3.64. The molecule has 2 aromatic carbocycles. The Hall–Kier alpha value is -2.94. The standard InChI is InChI=1S/C18H15BrFN5O2/c19-10-1-2-14(12(20)5-10)25-18-11-6-13(21)16(7-15(11)23-9-24-18)27-8-17-22-3-4-26-17/h1-2,5-7,9H,3-4,8,21H2,(H,23,24,25). The van der Waals surface area contributed by atoms with Crippen molar-refractivity contribution in [2.24, 2.45) is 4.99 Å². The quantitative estimate of drug-likeness (QED) is 0.598. The summed E-state index contributed by atoms with van der Waals surface area (Å²) in [6.07, 6.45) is 1.39. The van der Waals surface area contributed by atoms with Crippen LogP contribution < -0.4 is 15.8 Å². The number of aliphatic imine (C=N–C) groups is 1. The number of fused-ring (bicyclic) bond motifs is 1. The lowest BCUT2D eigenvalue weighted by molar-refractivity contribution is 0.294. The number of nitrogens with two attached hydrogens (primary N) is 1. The molecule has 0 aliphatic carbocycles. The number of nitrogens with zero attached hydrogens (tertiary/aromatic N) is 3. The van der Waals surface area contributed by atoms with Gasteiger partial charge in [-0.05, 0) is 24.3 Å². The molecular weight excluding hydrogens is 417 g/mol. The fourth-order valence-electron chi connectivity index (χ4n) is 2.65. The predicted molar refractivity (Wildman–Crippen MR) is 105 cm³/mol. The normalized spacial score (nSPS) is 13.3. The summed E-state index contributed by atoms with van der Waals surface area (Å²) < 4.78 is 25.8. The van der Waals surface area contributed by atoms with Crippen molar-refractivity contribution in [3.8, 4) is 5.75 Å². The van der Waals surface area contributed by atoms with Crippen LogP contribution in [0.15, 0.2) is 46.1 Å². The zero-order valence-electron chi connectivity index (χ0n) is 14.1. The van der Waals surface area contributed by atoms with E-state index in [9.17, 15) is 4.39 Å². The number of ether oxygens (including phenoxy) is 2. The zero-order chi connectivity index (χ0) is 18.8. The lowest BCUT2D eigenvalue weighted by Crippen LogP contribution is -2.12. The average Bonchev–Trinajstić information content (AvgIpc) is 3.16. The van der Waals surface area contributed by atoms with Gasteiger partial charge in [-0.3, -0.25) is 0 Å². The Morgan fingerprint density at radius 2 is 2.15 bits per heavy atom. The van der Waals surface area contributed by atoms with Crippen LogP contribution >= 0.6 is 15.9 Å². The van der Waals surface area contributed by atoms with E-state index in [4.69, 9.17) is 15.2 Å². The molecule has 1 aliphatic rings. The van der Waals surface area contributed by atoms with Crippen LogP contribution in [0.3, 0.4) is 0 Å². The van der Waals surface area contributed by atoms with Crippen molar-refractivity contribution < 1.29 is 13.9 Å². The smallest absolute Gasteiger partial charge is 0.222 e. The van der Waals surface area contributed by atoms with Crippen molar-refractivity contribution in [1.82, 2.24) is 9.97 Å². The third-order valence-electron chi connectivity index (χ3n) is 3.95. The molecule has 0 radical (unpaired) electrons. The average molecular weight is 432 g/mol. The SMILES string of the molecule is Nc1cc2c(Nc3ccc(Br)cc3F)ncnc2cc1OCC1=NCCO1. The van der Waals surface area contributed by atoms with E-state index in [1.54, 1.807) is 24.3 Å². The maximum absolute atomic E-state index is 14.1. The Morgan fingerprint density at radius 1 is 1.26 bits per heavy atom. The number of halogens is 2. The van der Waals surface area contributed by atoms with Crippen molar-refractivity contribution in [3.05, 3.63) is 46.9 Å². The summed E-state index contributed by atoms with van der Waals surface area (Å²) in [6, 6.07) is 8.14. The van der Waals surface area contributed by atoms with Crippen molar-refractivity contribution >= 4 is 49.9 Å². The van der Waals surface area contributed by atoms with E-state index in [0.29, 0.717) is 57.4 Å². The number of rotatable bonds is 5. The Bertz CT molecular complexity index is 1040. The number of nitrogen functional groups attached to an aromatic ring is 1. The summed E-state index contributed by atoms with van der Waals surface area (Å²) in [5.74, 6) is 1.06. The molecule has 0 fully saturated rings. The molecule has 27 heavy (non-hydrogen) atoms. The van der Waals surface area contributed by atoms with Gasteiger partial charge in [0.1, 0.15) is 30.3 Å². The molecule has 0 spiro atoms. The van der Waals surface area contributed by atoms with Gasteiger partial charge in [0.05, 0.1) is 23.4 Å². The van der Waals surface area contributed by atoms with Gasteiger partial charge in [0.2, 0.25) is 5.90 Å². The van der Waals surface area contributed by atoms with E-state index in [1.807, 2.05) is 0 Å². The highest BCUT2D eigenvalue weighted by Gasteiger charge is 2.13. The molecule has 0 amide bonds. The van der Waals surface area contributed by atoms with Gasteiger partial charge in [0.25, 0.3) is 0 Å². The lowest BCUT2D eigenvalue weighted by atomic mass is 10.2. The highest BCUT2D eigenvalue weighted by Crippen LogP contribution is 2.32. The van der Waals surface area contributed by atoms with Gasteiger partial charge >= 0.3 is 0 Å². The third kappa shape index (κ3) is 3.77. The minimum atomic E-state index is -0.401. The van der Waals surface area contributed by atoms with Gasteiger partial charge in [-0.15, -0.1) is 0 Å². The predicted octanol–water partition coefficient (Wildman–Crippen LogP) is 3.66. The van der Waals surface area contributed by atoms with Crippen LogP contribution in [-0.2, 0) is 4.74 Å². The van der Waals surface area contributed by atoms with E-state index < -0.39 is 5.82 Å². The Balaban J connectivity index is 1.63. The molecule has 0 bridgehead atoms. The Kier molecular flexibility index (Phi) is 4.76. The molecule has 4 rings (SSSR count). The molecule has 0 saturated heterocycles. The number of aromatic nitrogens is 2. The van der Waals surface area contributed by atoms with Crippen LogP contribution in [-0.4, -0.2) is 35.6 Å². The number of hydrogen-bond acceptors (Lipinski definition) is 7. The van der Waals surface area contributed by atoms with Crippen LogP contribution in [0.25, 0.3) is 10.9 Å². The lowest BCUT2D eigenvalue weighted by Gasteiger charge is -2.13. The second-order valence-electron chi connectivity index (χ2n) is 5.79. The van der Waals surface area contributed by atoms with Crippen molar-refractivity contribution in [2.75, 3.05) is 30.8 Å². The fourth-order valence-corrected chi connectivity index (χ4v) is 2.98. The maximum atomic E-state index is 14.1. The number of anilines is 3. The molecule has 0 atom stereocenters. The topological polar surface area (TPSA) is 94.7 Å². The van der Waals surface area contributed by atoms with Crippen molar-refractivity contribution in [2.45, 2.75) is 0 Å². The summed E-state index contributed by atoms with van der Waals surface area (Å²) >= 11 is 3.24. The molecule has 0 unspecified atom stereocenters. The first-order chi connectivity index (χ1) is 13.1. The number of nitrogens with one attached hydrogen (secondary N) is 1. The third-order valence-corrected chi connectivity index (χ3v) is 4.44. The fraction of sp³-hybridized carbons (Fsp3) is 0.167. The molecule has 3 N–H and O–H groups in total. The first-order valence-corrected chi connectivity index (χ1v) is 8.94. The molecule has 138 valence electrons. The van der Waals surface area contributed by atoms with Crippen LogP contribution in [0.1, 0.15) is 0 Å². The zero-order valence-corrected chi connectivity index (χ0v) is 15.7. The number of hydrogen-bond donors (Lipinski definition) is 2. The minimum Gasteiger partial charge on any atom is -0.482 e. The second kappa shape index (κ2) is 7.36. The Morgan fingerprint density at radius 3 is 2.93 bits per heavy atom. The largest absolute Gasteiger partial charge is 0.482 e. The van der Waals surface area contributed by atoms with E-state index in [0.717, 1.165) is 0 Å². The summed E-state index contributed by atoms with van der Waals surface area (Å²) in [4.78, 5) is 12.6. The molecule has 1 aliphatic heterocycles. The summed E-state index contributed by atoms with van der Waals surface area (Å²) in [6.45, 7) is 1.41. The van der Waals surface area contributed by atoms with Gasteiger partial charge in [-0.1, -0.05) is 15.9 Å². The van der Waals surface area contributed by atoms with Gasteiger partial charge in [0, 0.05) is 15.9 Å². The van der Waals surface area contributed by atoms with Gasteiger partial charge < -0.3 is 20.5 Å². The Labute approximate surface area is 162 Å². The monoisotopic (exact) mass is 431 g/mol. The first kappa shape index (κ1) is 17.5.